The van der Waals surface area contributed by atoms with Gasteiger partial charge in [-0.15, -0.1) is 0 Å². The van der Waals surface area contributed by atoms with Crippen molar-refractivity contribution in [1.29, 1.82) is 0 Å². The Balaban J connectivity index is 0.00000145. The van der Waals surface area contributed by atoms with Gasteiger partial charge in [-0.25, -0.2) is 0 Å². The van der Waals surface area contributed by atoms with Gasteiger partial charge in [0.1, 0.15) is 0 Å². The van der Waals surface area contributed by atoms with Gasteiger partial charge in [0.15, 0.2) is 0 Å². The van der Waals surface area contributed by atoms with E-state index >= 15 is 0 Å². The van der Waals surface area contributed by atoms with Crippen LogP contribution in [-0.2, 0) is 6.54 Å². The van der Waals surface area contributed by atoms with E-state index in [0.717, 1.165) is 12.8 Å². The summed E-state index contributed by atoms with van der Waals surface area (Å²) in [5, 5.41) is 22.7. The van der Waals surface area contributed by atoms with Gasteiger partial charge in [-0.05, 0) is 37.0 Å². The van der Waals surface area contributed by atoms with E-state index in [0.29, 0.717) is 28.8 Å². The Morgan fingerprint density at radius 1 is 1.14 bits per heavy atom. The minimum Gasteiger partial charge on any atom is -0.394 e. The fourth-order valence-corrected chi connectivity index (χ4v) is 3.85. The molecule has 1 aromatic carbocycles. The summed E-state index contributed by atoms with van der Waals surface area (Å²) in [5.74, 6) is 0.376. The first-order valence-electron chi connectivity index (χ1n) is 10.8. The van der Waals surface area contributed by atoms with Crippen LogP contribution in [0.25, 0.3) is 10.8 Å². The number of nitrogens with zero attached hydrogens (tertiary/aromatic N) is 1. The van der Waals surface area contributed by atoms with E-state index in [1.807, 2.05) is 13.8 Å². The molecule has 1 fully saturated rings. The summed E-state index contributed by atoms with van der Waals surface area (Å²) < 4.78 is 1.36. The third-order valence-electron chi connectivity index (χ3n) is 5.41. The van der Waals surface area contributed by atoms with Crippen LogP contribution in [-0.4, -0.2) is 39.9 Å². The van der Waals surface area contributed by atoms with Crippen LogP contribution in [0.1, 0.15) is 62.7 Å². The van der Waals surface area contributed by atoms with E-state index in [1.165, 1.54) is 30.3 Å². The molecule has 0 spiro atoms. The van der Waals surface area contributed by atoms with Gasteiger partial charge in [0.25, 0.3) is 11.5 Å². The Bertz CT molecular complexity index is 838. The van der Waals surface area contributed by atoms with Gasteiger partial charge < -0.3 is 20.1 Å². The van der Waals surface area contributed by atoms with Crippen molar-refractivity contribution in [3.05, 3.63) is 46.4 Å². The Morgan fingerprint density at radius 2 is 1.83 bits per heavy atom. The van der Waals surface area contributed by atoms with Crippen LogP contribution in [0.15, 0.2) is 35.3 Å². The summed E-state index contributed by atoms with van der Waals surface area (Å²) in [5.41, 5.74) is 0.214. The maximum Gasteiger partial charge on any atom is 0.258 e. The summed E-state index contributed by atoms with van der Waals surface area (Å²) in [6.07, 6.45) is 7.91. The lowest BCUT2D eigenvalue weighted by atomic mass is 10.00. The summed E-state index contributed by atoms with van der Waals surface area (Å²) in [7, 11) is 0. The van der Waals surface area contributed by atoms with Crippen molar-refractivity contribution >= 4 is 16.7 Å². The molecule has 29 heavy (non-hydrogen) atoms. The molecule has 0 saturated heterocycles. The number of hydrogen-bond acceptors (Lipinski definition) is 4. The lowest BCUT2D eigenvalue weighted by Gasteiger charge is -2.16. The Labute approximate surface area is 172 Å². The van der Waals surface area contributed by atoms with Gasteiger partial charge in [-0.3, -0.25) is 9.59 Å². The van der Waals surface area contributed by atoms with E-state index < -0.39 is 12.7 Å². The number of carbonyl (C=O) groups is 1. The smallest absolute Gasteiger partial charge is 0.258 e. The lowest BCUT2D eigenvalue weighted by molar-refractivity contribution is 0.0805. The molecule has 1 unspecified atom stereocenters. The van der Waals surface area contributed by atoms with Crippen LogP contribution < -0.4 is 10.9 Å². The molecule has 6 nitrogen and oxygen atoms in total. The van der Waals surface area contributed by atoms with Crippen molar-refractivity contribution in [3.8, 4) is 0 Å². The number of hydrogen-bond donors (Lipinski definition) is 3. The highest BCUT2D eigenvalue weighted by molar-refractivity contribution is 6.06. The van der Waals surface area contributed by atoms with Gasteiger partial charge in [-0.2, -0.15) is 0 Å². The van der Waals surface area contributed by atoms with Gasteiger partial charge in [0.05, 0.1) is 19.3 Å². The number of benzene rings is 1. The second kappa shape index (κ2) is 11.7. The molecule has 160 valence electrons. The molecule has 1 heterocycles. The first-order valence-corrected chi connectivity index (χ1v) is 10.8. The fourth-order valence-electron chi connectivity index (χ4n) is 3.85. The first-order chi connectivity index (χ1) is 14.1. The lowest BCUT2D eigenvalue weighted by Crippen LogP contribution is -2.30. The highest BCUT2D eigenvalue weighted by Crippen LogP contribution is 2.22. The first kappa shape index (κ1) is 23.1. The summed E-state index contributed by atoms with van der Waals surface area (Å²) in [4.78, 5) is 25.4. The van der Waals surface area contributed by atoms with Crippen LogP contribution in [0.4, 0.5) is 0 Å². The van der Waals surface area contributed by atoms with E-state index in [1.54, 1.807) is 30.5 Å². The van der Waals surface area contributed by atoms with Gasteiger partial charge in [0, 0.05) is 29.1 Å². The van der Waals surface area contributed by atoms with Crippen molar-refractivity contribution < 1.29 is 15.0 Å². The molecule has 1 amide bonds. The van der Waals surface area contributed by atoms with Crippen molar-refractivity contribution in [2.45, 2.75) is 65.0 Å². The molecule has 6 heteroatoms. The second-order valence-corrected chi connectivity index (χ2v) is 7.44. The Morgan fingerprint density at radius 3 is 2.48 bits per heavy atom. The molecule has 1 aromatic heterocycles. The highest BCUT2D eigenvalue weighted by atomic mass is 16.3. The molecule has 3 N–H and O–H groups in total. The number of nitrogens with one attached hydrogen (secondary N) is 1. The highest BCUT2D eigenvalue weighted by Gasteiger charge is 2.16. The van der Waals surface area contributed by atoms with Crippen LogP contribution >= 0.6 is 0 Å². The predicted molar refractivity (Wildman–Crippen MR) is 116 cm³/mol. The minimum atomic E-state index is -0.994. The number of carbonyl (C=O) groups excluding carboxylic acids is 1. The van der Waals surface area contributed by atoms with Gasteiger partial charge in [0.2, 0.25) is 0 Å². The number of aromatic nitrogens is 1. The monoisotopic (exact) mass is 402 g/mol. The van der Waals surface area contributed by atoms with Crippen molar-refractivity contribution in [3.63, 3.8) is 0 Å². The van der Waals surface area contributed by atoms with Gasteiger partial charge in [-0.1, -0.05) is 45.6 Å². The number of rotatable bonds is 6. The van der Waals surface area contributed by atoms with E-state index in [9.17, 15) is 14.7 Å². The topological polar surface area (TPSA) is 91.6 Å². The Hall–Kier alpha value is -2.18. The third kappa shape index (κ3) is 6.15. The number of pyridine rings is 1. The molecule has 1 saturated carbocycles. The average Bonchev–Trinajstić information content (AvgIpc) is 3.04. The number of aliphatic hydroxyl groups excluding tert-OH is 2. The molecule has 0 radical (unpaired) electrons. The molecule has 2 aromatic rings. The normalized spacial score (nSPS) is 15.9. The van der Waals surface area contributed by atoms with Crippen molar-refractivity contribution in [2.75, 3.05) is 13.2 Å². The second-order valence-electron chi connectivity index (χ2n) is 7.44. The van der Waals surface area contributed by atoms with Crippen molar-refractivity contribution in [1.82, 2.24) is 9.88 Å². The zero-order valence-electron chi connectivity index (χ0n) is 17.6. The maximum absolute atomic E-state index is 12.7. The van der Waals surface area contributed by atoms with Crippen LogP contribution in [0.2, 0.25) is 0 Å². The van der Waals surface area contributed by atoms with Gasteiger partial charge >= 0.3 is 0 Å². The molecular formula is C23H34N2O4. The standard InChI is InChI=1S/C21H28N2O4.C2H6/c24-14-16(25)13-23-11-10-17-18(8-5-9-19(17)21(23)27)20(26)22-12-15-6-3-1-2-4-7-15;1-2/h5,8-11,15-16,24-25H,1-4,6-7,12-14H2,(H,22,26);1-2H3. The Kier molecular flexibility index (Phi) is 9.35. The molecule has 3 rings (SSSR count). The average molecular weight is 403 g/mol. The SMILES string of the molecule is CC.O=C(NCC1CCCCCC1)c1cccc2c(=O)n(CC(O)CO)ccc12. The molecule has 0 bridgehead atoms. The van der Waals surface area contributed by atoms with E-state index in [2.05, 4.69) is 5.32 Å². The summed E-state index contributed by atoms with van der Waals surface area (Å²) in [6, 6.07) is 6.84. The van der Waals surface area contributed by atoms with Crippen LogP contribution in [0, 0.1) is 5.92 Å². The van der Waals surface area contributed by atoms with E-state index in [4.69, 9.17) is 5.11 Å². The molecule has 0 aliphatic heterocycles. The fraction of sp³-hybridized carbons (Fsp3) is 0.565. The van der Waals surface area contributed by atoms with E-state index in [-0.39, 0.29) is 18.0 Å². The van der Waals surface area contributed by atoms with Crippen LogP contribution in [0.3, 0.4) is 0 Å². The molecule has 1 atom stereocenters. The zero-order valence-corrected chi connectivity index (χ0v) is 17.6. The maximum atomic E-state index is 12.7. The largest absolute Gasteiger partial charge is 0.394 e. The zero-order chi connectivity index (χ0) is 21.2. The molecule has 1 aliphatic rings. The molecule has 1 aliphatic carbocycles. The predicted octanol–water partition coefficient (Wildman–Crippen LogP) is 3.08. The molecular weight excluding hydrogens is 368 g/mol. The number of fused-ring (bicyclic) bond motifs is 1. The number of aliphatic hydroxyl groups is 2. The third-order valence-corrected chi connectivity index (χ3v) is 5.41. The van der Waals surface area contributed by atoms with Crippen molar-refractivity contribution in [2.24, 2.45) is 5.92 Å². The van der Waals surface area contributed by atoms with Crippen LogP contribution in [0.5, 0.6) is 0 Å². The number of amides is 1. The minimum absolute atomic E-state index is 0.0172. The summed E-state index contributed by atoms with van der Waals surface area (Å²) in [6.45, 7) is 4.28. The summed E-state index contributed by atoms with van der Waals surface area (Å²) >= 11 is 0. The quantitative estimate of drug-likeness (QED) is 0.648.